The van der Waals surface area contributed by atoms with Gasteiger partial charge in [0.25, 0.3) is 10.0 Å². The Kier molecular flexibility index (Phi) is 9.37. The van der Waals surface area contributed by atoms with Gasteiger partial charge in [-0.25, -0.2) is 13.4 Å². The second kappa shape index (κ2) is 12.3. The molecular weight excluding hydrogens is 490 g/mol. The monoisotopic (exact) mass is 527 g/mol. The number of aryl methyl sites for hydroxylation is 1. The first kappa shape index (κ1) is 28.2. The molecule has 2 aromatic carbocycles. The van der Waals surface area contributed by atoms with Gasteiger partial charge in [-0.05, 0) is 48.9 Å². The summed E-state index contributed by atoms with van der Waals surface area (Å²) >= 11 is 0. The third-order valence-electron chi connectivity index (χ3n) is 5.73. The standard InChI is InChI=1S/C28H37N3O5S/c1-6-24(23-19-31(5)20-29-23)35-26-18-21(30-37(33,34)22-12-8-7-9-13-22)15-16-25(26)36-27(32)14-10-11-17-28(2,3)4/h7-9,12-13,15-16,18-20,24,30H,6,10-11,14,17H2,1-5H3. The van der Waals surface area contributed by atoms with E-state index >= 15 is 0 Å². The number of nitrogens with zero attached hydrogens (tertiary/aromatic N) is 2. The van der Waals surface area contributed by atoms with Crippen molar-refractivity contribution in [3.63, 3.8) is 0 Å². The minimum absolute atomic E-state index is 0.142. The number of carbonyl (C=O) groups excluding carboxylic acids is 1. The predicted octanol–water partition coefficient (Wildman–Crippen LogP) is 6.26. The Morgan fingerprint density at radius 1 is 1.08 bits per heavy atom. The number of sulfonamides is 1. The zero-order chi connectivity index (χ0) is 27.1. The second-order valence-corrected chi connectivity index (χ2v) is 12.0. The lowest BCUT2D eigenvalue weighted by Gasteiger charge is -2.19. The minimum Gasteiger partial charge on any atom is -0.480 e. The lowest BCUT2D eigenvalue weighted by atomic mass is 9.89. The molecule has 37 heavy (non-hydrogen) atoms. The summed E-state index contributed by atoms with van der Waals surface area (Å²) in [4.78, 5) is 17.1. The van der Waals surface area contributed by atoms with Gasteiger partial charge in [0.15, 0.2) is 11.5 Å². The third-order valence-corrected chi connectivity index (χ3v) is 7.12. The van der Waals surface area contributed by atoms with Gasteiger partial charge < -0.3 is 14.0 Å². The van der Waals surface area contributed by atoms with Crippen molar-refractivity contribution in [1.82, 2.24) is 9.55 Å². The summed E-state index contributed by atoms with van der Waals surface area (Å²) in [6, 6.07) is 12.7. The van der Waals surface area contributed by atoms with Crippen molar-refractivity contribution in [3.8, 4) is 11.5 Å². The van der Waals surface area contributed by atoms with Gasteiger partial charge in [0.1, 0.15) is 6.10 Å². The van der Waals surface area contributed by atoms with Gasteiger partial charge in [0, 0.05) is 25.7 Å². The molecule has 200 valence electrons. The molecule has 0 aliphatic rings. The highest BCUT2D eigenvalue weighted by Crippen LogP contribution is 2.36. The van der Waals surface area contributed by atoms with Gasteiger partial charge in [0.05, 0.1) is 22.6 Å². The summed E-state index contributed by atoms with van der Waals surface area (Å²) in [5, 5.41) is 0. The molecule has 0 bridgehead atoms. The molecule has 0 fully saturated rings. The zero-order valence-corrected chi connectivity index (χ0v) is 23.0. The highest BCUT2D eigenvalue weighted by molar-refractivity contribution is 7.92. The number of hydrogen-bond acceptors (Lipinski definition) is 6. The Morgan fingerprint density at radius 3 is 2.43 bits per heavy atom. The largest absolute Gasteiger partial charge is 0.480 e. The molecule has 0 saturated carbocycles. The Hall–Kier alpha value is -3.33. The fourth-order valence-corrected chi connectivity index (χ4v) is 4.84. The lowest BCUT2D eigenvalue weighted by molar-refractivity contribution is -0.134. The Balaban J connectivity index is 1.82. The summed E-state index contributed by atoms with van der Waals surface area (Å²) in [5.41, 5.74) is 1.23. The van der Waals surface area contributed by atoms with Crippen LogP contribution < -0.4 is 14.2 Å². The second-order valence-electron chi connectivity index (χ2n) is 10.3. The summed E-state index contributed by atoms with van der Waals surface area (Å²) in [7, 11) is -1.93. The molecule has 1 atom stereocenters. The number of anilines is 1. The average molecular weight is 528 g/mol. The number of carbonyl (C=O) groups is 1. The van der Waals surface area contributed by atoms with Gasteiger partial charge in [-0.15, -0.1) is 0 Å². The minimum atomic E-state index is -3.80. The fourth-order valence-electron chi connectivity index (χ4n) is 3.77. The Morgan fingerprint density at radius 2 is 1.81 bits per heavy atom. The number of imidazole rings is 1. The quantitative estimate of drug-likeness (QED) is 0.169. The van der Waals surface area contributed by atoms with Crippen LogP contribution in [-0.2, 0) is 21.9 Å². The van der Waals surface area contributed by atoms with E-state index in [1.54, 1.807) is 36.7 Å². The zero-order valence-electron chi connectivity index (χ0n) is 22.2. The normalized spacial score (nSPS) is 12.7. The third kappa shape index (κ3) is 8.63. The highest BCUT2D eigenvalue weighted by atomic mass is 32.2. The van der Waals surface area contributed by atoms with Gasteiger partial charge >= 0.3 is 5.97 Å². The van der Waals surface area contributed by atoms with Gasteiger partial charge in [-0.1, -0.05) is 52.3 Å². The first-order valence-corrected chi connectivity index (χ1v) is 14.0. The van der Waals surface area contributed by atoms with Crippen LogP contribution in [0.4, 0.5) is 5.69 Å². The maximum absolute atomic E-state index is 12.8. The summed E-state index contributed by atoms with van der Waals surface area (Å²) in [5.74, 6) is 0.133. The molecule has 9 heteroatoms. The predicted molar refractivity (Wildman–Crippen MR) is 144 cm³/mol. The number of rotatable bonds is 12. The van der Waals surface area contributed by atoms with Crippen LogP contribution in [0.1, 0.15) is 71.6 Å². The topological polar surface area (TPSA) is 99.5 Å². The number of esters is 1. The molecule has 3 rings (SSSR count). The van der Waals surface area contributed by atoms with Gasteiger partial charge in [-0.3, -0.25) is 9.52 Å². The van der Waals surface area contributed by atoms with Crippen LogP contribution in [0.5, 0.6) is 11.5 Å². The molecular formula is C28H37N3O5S. The van der Waals surface area contributed by atoms with Crippen molar-refractivity contribution in [1.29, 1.82) is 0 Å². The van der Waals surface area contributed by atoms with Crippen molar-refractivity contribution in [2.45, 2.75) is 70.8 Å². The van der Waals surface area contributed by atoms with Crippen LogP contribution >= 0.6 is 0 Å². The number of benzene rings is 2. The molecule has 0 aliphatic carbocycles. The van der Waals surface area contributed by atoms with Crippen molar-refractivity contribution in [2.24, 2.45) is 12.5 Å². The number of hydrogen-bond donors (Lipinski definition) is 1. The number of nitrogens with one attached hydrogen (secondary N) is 1. The van der Waals surface area contributed by atoms with E-state index in [4.69, 9.17) is 9.47 Å². The number of ether oxygens (including phenoxy) is 2. The SMILES string of the molecule is CCC(Oc1cc(NS(=O)(=O)c2ccccc2)ccc1OC(=O)CCCCC(C)(C)C)c1cn(C)cn1. The van der Waals surface area contributed by atoms with E-state index in [0.29, 0.717) is 12.1 Å². The van der Waals surface area contributed by atoms with E-state index in [2.05, 4.69) is 30.5 Å². The van der Waals surface area contributed by atoms with Gasteiger partial charge in [-0.2, -0.15) is 0 Å². The van der Waals surface area contributed by atoms with Crippen LogP contribution in [0.15, 0.2) is 66.0 Å². The van der Waals surface area contributed by atoms with E-state index in [1.165, 1.54) is 18.2 Å². The van der Waals surface area contributed by atoms with Crippen LogP contribution in [0.2, 0.25) is 0 Å². The highest BCUT2D eigenvalue weighted by Gasteiger charge is 2.21. The molecule has 0 radical (unpaired) electrons. The fraction of sp³-hybridized carbons (Fsp3) is 0.429. The molecule has 1 N–H and O–H groups in total. The summed E-state index contributed by atoms with van der Waals surface area (Å²) < 4.78 is 42.0. The molecule has 1 heterocycles. The molecule has 0 aliphatic heterocycles. The number of unbranched alkanes of at least 4 members (excludes halogenated alkanes) is 1. The van der Waals surface area contributed by atoms with E-state index in [0.717, 1.165) is 25.0 Å². The van der Waals surface area contributed by atoms with Crippen LogP contribution in [0.25, 0.3) is 0 Å². The summed E-state index contributed by atoms with van der Waals surface area (Å²) in [6.07, 6.45) is 6.71. The molecule has 8 nitrogen and oxygen atoms in total. The van der Waals surface area contributed by atoms with E-state index in [9.17, 15) is 13.2 Å². The van der Waals surface area contributed by atoms with Crippen molar-refractivity contribution in [3.05, 3.63) is 66.7 Å². The van der Waals surface area contributed by atoms with Crippen molar-refractivity contribution >= 4 is 21.7 Å². The lowest BCUT2D eigenvalue weighted by Crippen LogP contribution is -2.14. The molecule has 1 aromatic heterocycles. The smallest absolute Gasteiger partial charge is 0.311 e. The first-order chi connectivity index (χ1) is 17.5. The van der Waals surface area contributed by atoms with Crippen molar-refractivity contribution in [2.75, 3.05) is 4.72 Å². The van der Waals surface area contributed by atoms with Crippen LogP contribution in [0.3, 0.4) is 0 Å². The average Bonchev–Trinajstić information content (AvgIpc) is 3.27. The number of aromatic nitrogens is 2. The first-order valence-electron chi connectivity index (χ1n) is 12.5. The van der Waals surface area contributed by atoms with Crippen LogP contribution in [0, 0.1) is 5.41 Å². The summed E-state index contributed by atoms with van der Waals surface area (Å²) in [6.45, 7) is 8.49. The molecule has 3 aromatic rings. The molecule has 0 amide bonds. The maximum atomic E-state index is 12.8. The Labute approximate surface area is 220 Å². The molecule has 0 spiro atoms. The van der Waals surface area contributed by atoms with E-state index in [-0.39, 0.29) is 34.2 Å². The molecule has 1 unspecified atom stereocenters. The van der Waals surface area contributed by atoms with E-state index in [1.807, 2.05) is 24.7 Å². The molecule has 0 saturated heterocycles. The van der Waals surface area contributed by atoms with E-state index < -0.39 is 16.1 Å². The van der Waals surface area contributed by atoms with Gasteiger partial charge in [0.2, 0.25) is 0 Å². The maximum Gasteiger partial charge on any atom is 0.311 e. The Bertz CT molecular complexity index is 1280. The van der Waals surface area contributed by atoms with Crippen LogP contribution in [-0.4, -0.2) is 23.9 Å². The van der Waals surface area contributed by atoms with Crippen molar-refractivity contribution < 1.29 is 22.7 Å².